The zero-order valence-corrected chi connectivity index (χ0v) is 9.71. The van der Waals surface area contributed by atoms with E-state index in [9.17, 15) is 0 Å². The second kappa shape index (κ2) is 55.7. The normalized spacial score (nSPS) is 1.14. The molecular formula is C3H9P2RhSi. The largest absolute Gasteiger partial charge is 2.00 e. The monoisotopic (exact) mass is 238 g/mol. The van der Waals surface area contributed by atoms with E-state index in [2.05, 4.69) is 10.2 Å². The van der Waals surface area contributed by atoms with E-state index in [1.54, 1.807) is 5.54 Å². The van der Waals surface area contributed by atoms with Gasteiger partial charge in [-0.2, -0.15) is 19.8 Å². The van der Waals surface area contributed by atoms with E-state index < -0.39 is 0 Å². The Kier molecular flexibility index (Phi) is 326. The van der Waals surface area contributed by atoms with Gasteiger partial charge in [0.05, 0.1) is 10.2 Å². The predicted octanol–water partition coefficient (Wildman–Crippen LogP) is 0.266. The molecule has 44 valence electrons. The van der Waals surface area contributed by atoms with Gasteiger partial charge in [-0.3, -0.25) is 0 Å². The number of hydrogen-bond donors (Lipinski definition) is 0. The van der Waals surface area contributed by atoms with Crippen LogP contribution in [0.15, 0.2) is 0 Å². The van der Waals surface area contributed by atoms with E-state index in [0.29, 0.717) is 0 Å². The van der Waals surface area contributed by atoms with Gasteiger partial charge in [0.2, 0.25) is 0 Å². The van der Waals surface area contributed by atoms with Gasteiger partial charge >= 0.3 is 19.5 Å². The fraction of sp³-hybridized carbons (Fsp3) is 0. The van der Waals surface area contributed by atoms with E-state index in [4.69, 9.17) is 6.42 Å². The van der Waals surface area contributed by atoms with Crippen molar-refractivity contribution >= 4 is 30.0 Å². The molecule has 0 spiro atoms. The molecule has 0 aliphatic carbocycles. The first-order valence-electron chi connectivity index (χ1n) is 0.500. The Morgan fingerprint density at radius 3 is 1.29 bits per heavy atom. The van der Waals surface area contributed by atoms with Crippen LogP contribution in [0.3, 0.4) is 0 Å². The molecule has 0 saturated heterocycles. The van der Waals surface area contributed by atoms with Crippen molar-refractivity contribution in [3.8, 4) is 5.54 Å². The van der Waals surface area contributed by atoms with Gasteiger partial charge in [0.1, 0.15) is 0 Å². The summed E-state index contributed by atoms with van der Waals surface area (Å²) >= 11 is 0. The first kappa shape index (κ1) is 41.0. The standard InChI is InChI=1S/C2Si.CH3.2H3P.Rh/c1-2-3;;;;/h;3*1H3;/q2*-1;;;+2. The van der Waals surface area contributed by atoms with Gasteiger partial charge in [-0.25, -0.2) is 0 Å². The zero-order chi connectivity index (χ0) is 2.71. The average molecular weight is 238 g/mol. The molecular weight excluding hydrogens is 229 g/mol. The smallest absolute Gasteiger partial charge is 0.701 e. The molecule has 4 radical (unpaired) electrons. The maximum absolute atomic E-state index is 5.87. The van der Waals surface area contributed by atoms with Crippen molar-refractivity contribution in [2.75, 3.05) is 0 Å². The Morgan fingerprint density at radius 1 is 1.29 bits per heavy atom. The number of hydrogen-bond acceptors (Lipinski definition) is 0. The van der Waals surface area contributed by atoms with Gasteiger partial charge in [0, 0.05) is 0 Å². The molecule has 0 bridgehead atoms. The molecule has 0 amide bonds. The second-order valence-corrected chi connectivity index (χ2v) is 0.375. The fourth-order valence-electron chi connectivity index (χ4n) is 0. The van der Waals surface area contributed by atoms with Gasteiger partial charge in [0.25, 0.3) is 0 Å². The topological polar surface area (TPSA) is 0 Å². The molecule has 0 heterocycles. The molecule has 0 aliphatic rings. The van der Waals surface area contributed by atoms with Crippen LogP contribution in [0.2, 0.25) is 0 Å². The van der Waals surface area contributed by atoms with Crippen LogP contribution in [0.5, 0.6) is 0 Å². The van der Waals surface area contributed by atoms with Crippen molar-refractivity contribution < 1.29 is 19.5 Å². The molecule has 0 aromatic rings. The summed E-state index contributed by atoms with van der Waals surface area (Å²) < 4.78 is 0. The summed E-state index contributed by atoms with van der Waals surface area (Å²) in [6.07, 6.45) is 5.87. The molecule has 0 fully saturated rings. The first-order chi connectivity index (χ1) is 1.41. The Hall–Kier alpha value is 1.26. The molecule has 0 aliphatic heterocycles. The first-order valence-corrected chi connectivity index (χ1v) is 1.00. The third kappa shape index (κ3) is 126. The molecule has 2 unspecified atom stereocenters. The third-order valence-corrected chi connectivity index (χ3v) is 0. The summed E-state index contributed by atoms with van der Waals surface area (Å²) in [6, 6.07) is 0. The molecule has 0 nitrogen and oxygen atoms in total. The predicted molar refractivity (Wildman–Crippen MR) is 41.5 cm³/mol. The van der Waals surface area contributed by atoms with Crippen molar-refractivity contribution in [3.05, 3.63) is 13.9 Å². The summed E-state index contributed by atoms with van der Waals surface area (Å²) in [5.41, 5.74) is 1.81. The van der Waals surface area contributed by atoms with Crippen LogP contribution in [0.4, 0.5) is 0 Å². The van der Waals surface area contributed by atoms with Crippen molar-refractivity contribution in [3.63, 3.8) is 0 Å². The van der Waals surface area contributed by atoms with Crippen LogP contribution in [0, 0.1) is 19.4 Å². The fourth-order valence-corrected chi connectivity index (χ4v) is 0. The van der Waals surface area contributed by atoms with Crippen LogP contribution < -0.4 is 0 Å². The summed E-state index contributed by atoms with van der Waals surface area (Å²) in [5.74, 6) is 0. The second-order valence-electron chi connectivity index (χ2n) is 0.125. The minimum Gasteiger partial charge on any atom is -0.701 e. The molecule has 7 heavy (non-hydrogen) atoms. The Balaban J connectivity index is -0.00000000333. The van der Waals surface area contributed by atoms with Crippen molar-refractivity contribution in [2.24, 2.45) is 0 Å². The van der Waals surface area contributed by atoms with Crippen molar-refractivity contribution in [2.45, 2.75) is 0 Å². The quantitative estimate of drug-likeness (QED) is 0.246. The molecule has 0 aromatic carbocycles. The molecule has 4 heteroatoms. The minimum atomic E-state index is 0. The van der Waals surface area contributed by atoms with Gasteiger partial charge in [-0.15, -0.1) is 0 Å². The van der Waals surface area contributed by atoms with Crippen molar-refractivity contribution in [1.29, 1.82) is 0 Å². The average Bonchev–Trinajstić information content (AvgIpc) is 0.918. The minimum absolute atomic E-state index is 0. The van der Waals surface area contributed by atoms with E-state index >= 15 is 0 Å². The van der Waals surface area contributed by atoms with E-state index in [0.717, 1.165) is 0 Å². The Labute approximate surface area is 69.0 Å². The van der Waals surface area contributed by atoms with Crippen LogP contribution in [-0.4, -0.2) is 10.2 Å². The van der Waals surface area contributed by atoms with E-state index in [1.807, 2.05) is 0 Å². The Bertz CT molecular complexity index is 34.4. The summed E-state index contributed by atoms with van der Waals surface area (Å²) in [5, 5.41) is 0. The van der Waals surface area contributed by atoms with Crippen LogP contribution in [-0.2, 0) is 19.5 Å². The summed E-state index contributed by atoms with van der Waals surface area (Å²) in [7, 11) is 2.60. The zero-order valence-electron chi connectivity index (χ0n) is 4.25. The van der Waals surface area contributed by atoms with Crippen LogP contribution >= 0.6 is 19.8 Å². The number of rotatable bonds is 0. The molecule has 0 rings (SSSR count). The van der Waals surface area contributed by atoms with Crippen molar-refractivity contribution in [1.82, 2.24) is 0 Å². The van der Waals surface area contributed by atoms with Gasteiger partial charge in [-0.05, 0) is 0 Å². The van der Waals surface area contributed by atoms with Gasteiger partial charge < -0.3 is 19.4 Å². The molecule has 2 atom stereocenters. The SMILES string of the molecule is P.P.[C-]#C[Si].[CH3-].[Rh+2]. The molecule has 0 saturated carbocycles. The van der Waals surface area contributed by atoms with Gasteiger partial charge in [-0.1, -0.05) is 0 Å². The van der Waals surface area contributed by atoms with Crippen LogP contribution in [0.25, 0.3) is 0 Å². The summed E-state index contributed by atoms with van der Waals surface area (Å²) in [4.78, 5) is 0. The molecule has 0 aromatic heterocycles. The maximum atomic E-state index is 5.87. The third-order valence-electron chi connectivity index (χ3n) is 0. The van der Waals surface area contributed by atoms with E-state index in [-0.39, 0.29) is 46.7 Å². The maximum Gasteiger partial charge on any atom is 2.00 e. The Morgan fingerprint density at radius 2 is 1.29 bits per heavy atom. The van der Waals surface area contributed by atoms with Gasteiger partial charge in [0.15, 0.2) is 0 Å². The van der Waals surface area contributed by atoms with E-state index in [1.165, 1.54) is 0 Å². The summed E-state index contributed by atoms with van der Waals surface area (Å²) in [6.45, 7) is 0. The molecule has 0 N–H and O–H groups in total. The van der Waals surface area contributed by atoms with Crippen LogP contribution in [0.1, 0.15) is 0 Å².